The fourth-order valence-corrected chi connectivity index (χ4v) is 1.27. The summed E-state index contributed by atoms with van der Waals surface area (Å²) >= 11 is 0. The molecule has 0 fully saturated rings. The SMILES string of the molecule is CC(C)(C)OOC(C)(CO)CCC(C)(CO)OOC(C)(C)C. The second kappa shape index (κ2) is 8.04. The molecule has 2 N–H and O–H groups in total. The summed E-state index contributed by atoms with van der Waals surface area (Å²) in [5.74, 6) is 0. The molecule has 0 aromatic rings. The van der Waals surface area contributed by atoms with Crippen molar-refractivity contribution in [2.75, 3.05) is 13.2 Å². The highest BCUT2D eigenvalue weighted by Crippen LogP contribution is 2.28. The van der Waals surface area contributed by atoms with Crippen LogP contribution in [0.3, 0.4) is 0 Å². The van der Waals surface area contributed by atoms with E-state index in [0.717, 1.165) is 0 Å². The van der Waals surface area contributed by atoms with Gasteiger partial charge < -0.3 is 10.2 Å². The summed E-state index contributed by atoms with van der Waals surface area (Å²) in [4.78, 5) is 21.4. The van der Waals surface area contributed by atoms with Crippen LogP contribution < -0.4 is 0 Å². The molecule has 0 aliphatic carbocycles. The molecule has 0 aromatic carbocycles. The minimum atomic E-state index is -0.880. The van der Waals surface area contributed by atoms with Crippen molar-refractivity contribution in [1.29, 1.82) is 0 Å². The van der Waals surface area contributed by atoms with Crippen molar-refractivity contribution in [2.45, 2.75) is 90.6 Å². The van der Waals surface area contributed by atoms with Gasteiger partial charge >= 0.3 is 0 Å². The molecular formula is C16H34O6. The average Bonchev–Trinajstić information content (AvgIpc) is 2.39. The van der Waals surface area contributed by atoms with Gasteiger partial charge in [-0.05, 0) is 68.2 Å². The lowest BCUT2D eigenvalue weighted by atomic mass is 9.92. The van der Waals surface area contributed by atoms with Crippen LogP contribution in [0.5, 0.6) is 0 Å². The van der Waals surface area contributed by atoms with Crippen LogP contribution in [0.2, 0.25) is 0 Å². The van der Waals surface area contributed by atoms with Crippen LogP contribution in [0.4, 0.5) is 0 Å². The lowest BCUT2D eigenvalue weighted by Gasteiger charge is -2.34. The molecule has 2 unspecified atom stereocenters. The Kier molecular flexibility index (Phi) is 7.95. The molecule has 134 valence electrons. The van der Waals surface area contributed by atoms with Crippen molar-refractivity contribution in [3.8, 4) is 0 Å². The summed E-state index contributed by atoms with van der Waals surface area (Å²) in [5, 5.41) is 19.1. The molecule has 6 nitrogen and oxygen atoms in total. The smallest absolute Gasteiger partial charge is 0.124 e. The Balaban J connectivity index is 4.60. The van der Waals surface area contributed by atoms with Gasteiger partial charge in [-0.2, -0.15) is 0 Å². The van der Waals surface area contributed by atoms with Crippen LogP contribution in [-0.4, -0.2) is 45.8 Å². The Morgan fingerprint density at radius 3 is 1.00 bits per heavy atom. The normalized spacial score (nSPS) is 18.8. The monoisotopic (exact) mass is 322 g/mol. The van der Waals surface area contributed by atoms with Gasteiger partial charge in [0.25, 0.3) is 0 Å². The third kappa shape index (κ3) is 9.71. The zero-order valence-corrected chi connectivity index (χ0v) is 15.4. The van der Waals surface area contributed by atoms with Gasteiger partial charge in [0.1, 0.15) is 11.2 Å². The van der Waals surface area contributed by atoms with Gasteiger partial charge in [0.15, 0.2) is 0 Å². The van der Waals surface area contributed by atoms with Gasteiger partial charge in [-0.25, -0.2) is 19.6 Å². The van der Waals surface area contributed by atoms with Gasteiger partial charge in [-0.1, -0.05) is 0 Å². The van der Waals surface area contributed by atoms with Crippen LogP contribution in [0.25, 0.3) is 0 Å². The number of hydrogen-bond acceptors (Lipinski definition) is 6. The van der Waals surface area contributed by atoms with E-state index in [1.807, 2.05) is 41.5 Å². The summed E-state index contributed by atoms with van der Waals surface area (Å²) in [7, 11) is 0. The molecule has 0 saturated carbocycles. The molecule has 0 aliphatic rings. The zero-order chi connectivity index (χ0) is 17.7. The van der Waals surface area contributed by atoms with Crippen LogP contribution in [0, 0.1) is 0 Å². The molecule has 2 atom stereocenters. The maximum Gasteiger partial charge on any atom is 0.124 e. The highest BCUT2D eigenvalue weighted by molar-refractivity contribution is 4.81. The maximum absolute atomic E-state index is 9.57. The number of hydrogen-bond donors (Lipinski definition) is 2. The van der Waals surface area contributed by atoms with E-state index in [2.05, 4.69) is 0 Å². The summed E-state index contributed by atoms with van der Waals surface area (Å²) in [6.45, 7) is 14.3. The van der Waals surface area contributed by atoms with Crippen molar-refractivity contribution < 1.29 is 29.8 Å². The minimum Gasteiger partial charge on any atom is -0.393 e. The molecule has 0 heterocycles. The van der Waals surface area contributed by atoms with Gasteiger partial charge in [0, 0.05) is 0 Å². The molecule has 0 radical (unpaired) electrons. The van der Waals surface area contributed by atoms with E-state index in [0.29, 0.717) is 12.8 Å². The van der Waals surface area contributed by atoms with Crippen molar-refractivity contribution >= 4 is 0 Å². The molecule has 0 saturated heterocycles. The molecular weight excluding hydrogens is 288 g/mol. The highest BCUT2D eigenvalue weighted by Gasteiger charge is 2.35. The van der Waals surface area contributed by atoms with Crippen LogP contribution in [-0.2, 0) is 19.6 Å². The summed E-state index contributed by atoms with van der Waals surface area (Å²) in [6, 6.07) is 0. The molecule has 0 aromatic heterocycles. The molecule has 0 bridgehead atoms. The van der Waals surface area contributed by atoms with Crippen LogP contribution >= 0.6 is 0 Å². The Morgan fingerprint density at radius 1 is 0.545 bits per heavy atom. The fourth-order valence-electron chi connectivity index (χ4n) is 1.27. The first-order valence-electron chi connectivity index (χ1n) is 7.70. The Labute approximate surface area is 134 Å². The standard InChI is InChI=1S/C16H34O6/c1-13(2,3)19-21-15(7,11-17)9-10-16(8,12-18)22-20-14(4,5)6/h17-18H,9-12H2,1-8H3. The predicted molar refractivity (Wildman–Crippen MR) is 84.1 cm³/mol. The van der Waals surface area contributed by atoms with E-state index in [-0.39, 0.29) is 13.2 Å². The van der Waals surface area contributed by atoms with Gasteiger partial charge in [-0.15, -0.1) is 0 Å². The first kappa shape index (κ1) is 21.8. The molecule has 0 aliphatic heterocycles. The minimum absolute atomic E-state index is 0.204. The predicted octanol–water partition coefficient (Wildman–Crippen LogP) is 2.76. The third-order valence-electron chi connectivity index (χ3n) is 2.84. The van der Waals surface area contributed by atoms with E-state index in [9.17, 15) is 10.2 Å². The van der Waals surface area contributed by atoms with Crippen LogP contribution in [0.1, 0.15) is 68.2 Å². The summed E-state index contributed by atoms with van der Waals surface area (Å²) in [6.07, 6.45) is 0.869. The van der Waals surface area contributed by atoms with Crippen molar-refractivity contribution in [1.82, 2.24) is 0 Å². The van der Waals surface area contributed by atoms with Crippen LogP contribution in [0.15, 0.2) is 0 Å². The topological polar surface area (TPSA) is 77.4 Å². The zero-order valence-electron chi connectivity index (χ0n) is 15.4. The van der Waals surface area contributed by atoms with E-state index in [1.54, 1.807) is 13.8 Å². The number of rotatable bonds is 9. The van der Waals surface area contributed by atoms with Crippen molar-refractivity contribution in [2.24, 2.45) is 0 Å². The molecule has 0 spiro atoms. The average molecular weight is 322 g/mol. The molecule has 22 heavy (non-hydrogen) atoms. The third-order valence-corrected chi connectivity index (χ3v) is 2.84. The van der Waals surface area contributed by atoms with E-state index in [1.165, 1.54) is 0 Å². The van der Waals surface area contributed by atoms with Gasteiger partial charge in [0.05, 0.1) is 24.4 Å². The lowest BCUT2D eigenvalue weighted by molar-refractivity contribution is -0.418. The number of aliphatic hydroxyl groups is 2. The second-order valence-corrected chi connectivity index (χ2v) is 8.27. The Morgan fingerprint density at radius 2 is 0.818 bits per heavy atom. The largest absolute Gasteiger partial charge is 0.393 e. The molecule has 0 rings (SSSR count). The van der Waals surface area contributed by atoms with Crippen molar-refractivity contribution in [3.63, 3.8) is 0 Å². The summed E-state index contributed by atoms with van der Waals surface area (Å²) < 4.78 is 0. The maximum atomic E-state index is 9.57. The van der Waals surface area contributed by atoms with E-state index in [4.69, 9.17) is 19.6 Å². The van der Waals surface area contributed by atoms with Gasteiger partial charge in [0.2, 0.25) is 0 Å². The van der Waals surface area contributed by atoms with E-state index < -0.39 is 22.4 Å². The number of aliphatic hydroxyl groups excluding tert-OH is 2. The Bertz CT molecular complexity index is 288. The first-order valence-corrected chi connectivity index (χ1v) is 7.70. The Hall–Kier alpha value is -0.240. The van der Waals surface area contributed by atoms with Gasteiger partial charge in [-0.3, -0.25) is 0 Å². The highest BCUT2D eigenvalue weighted by atomic mass is 17.2. The molecule has 6 heteroatoms. The first-order chi connectivity index (χ1) is 9.74. The van der Waals surface area contributed by atoms with E-state index >= 15 is 0 Å². The summed E-state index contributed by atoms with van der Waals surface area (Å²) in [5.41, 5.74) is -2.70. The molecule has 0 amide bonds. The fraction of sp³-hybridized carbons (Fsp3) is 1.00. The second-order valence-electron chi connectivity index (χ2n) is 8.27. The quantitative estimate of drug-likeness (QED) is 0.502. The van der Waals surface area contributed by atoms with Crippen molar-refractivity contribution in [3.05, 3.63) is 0 Å². The lowest BCUT2D eigenvalue weighted by Crippen LogP contribution is -2.42.